The van der Waals surface area contributed by atoms with Crippen LogP contribution in [0.3, 0.4) is 0 Å². The number of likely N-dealkylation sites (tertiary alicyclic amines) is 1. The van der Waals surface area contributed by atoms with Crippen LogP contribution >= 0.6 is 0 Å². The number of carboxylic acid groups (broad SMARTS) is 1. The van der Waals surface area contributed by atoms with Gasteiger partial charge in [-0.15, -0.1) is 0 Å². The SMILES string of the molecule is COC(=O)c1cccc(CN2CCC(N)(C(=O)O)C2)n1. The van der Waals surface area contributed by atoms with Crippen molar-refractivity contribution in [1.82, 2.24) is 9.88 Å². The van der Waals surface area contributed by atoms with Gasteiger partial charge in [0.15, 0.2) is 0 Å². The Balaban J connectivity index is 2.05. The van der Waals surface area contributed by atoms with Crippen LogP contribution in [0.4, 0.5) is 0 Å². The third kappa shape index (κ3) is 2.94. The molecule has 1 aliphatic heterocycles. The summed E-state index contributed by atoms with van der Waals surface area (Å²) < 4.78 is 4.61. The number of esters is 1. The molecule has 2 rings (SSSR count). The zero-order chi connectivity index (χ0) is 14.8. The smallest absolute Gasteiger partial charge is 0.356 e. The predicted molar refractivity (Wildman–Crippen MR) is 70.0 cm³/mol. The van der Waals surface area contributed by atoms with E-state index in [-0.39, 0.29) is 12.2 Å². The Morgan fingerprint density at radius 3 is 2.90 bits per heavy atom. The number of carbonyl (C=O) groups is 2. The Kier molecular flexibility index (Phi) is 4.01. The fourth-order valence-electron chi connectivity index (χ4n) is 2.24. The summed E-state index contributed by atoms with van der Waals surface area (Å²) >= 11 is 0. The maximum atomic E-state index is 11.4. The molecule has 108 valence electrons. The summed E-state index contributed by atoms with van der Waals surface area (Å²) in [5, 5.41) is 9.08. The lowest BCUT2D eigenvalue weighted by Crippen LogP contribution is -2.50. The molecule has 7 nitrogen and oxygen atoms in total. The van der Waals surface area contributed by atoms with Gasteiger partial charge in [0.1, 0.15) is 11.2 Å². The summed E-state index contributed by atoms with van der Waals surface area (Å²) in [5.41, 5.74) is 5.54. The third-order valence-electron chi connectivity index (χ3n) is 3.39. The first kappa shape index (κ1) is 14.4. The van der Waals surface area contributed by atoms with Gasteiger partial charge in [-0.2, -0.15) is 0 Å². The number of aromatic nitrogens is 1. The Labute approximate surface area is 116 Å². The largest absolute Gasteiger partial charge is 0.480 e. The number of ether oxygens (including phenoxy) is 1. The van der Waals surface area contributed by atoms with E-state index in [1.165, 1.54) is 7.11 Å². The zero-order valence-corrected chi connectivity index (χ0v) is 11.2. The Morgan fingerprint density at radius 1 is 1.55 bits per heavy atom. The lowest BCUT2D eigenvalue weighted by atomic mass is 10.0. The van der Waals surface area contributed by atoms with E-state index < -0.39 is 17.5 Å². The molecule has 0 amide bonds. The fourth-order valence-corrected chi connectivity index (χ4v) is 2.24. The lowest BCUT2D eigenvalue weighted by Gasteiger charge is -2.19. The molecule has 1 unspecified atom stereocenters. The average Bonchev–Trinajstić information content (AvgIpc) is 2.81. The van der Waals surface area contributed by atoms with Gasteiger partial charge in [0.25, 0.3) is 0 Å². The maximum absolute atomic E-state index is 11.4. The number of methoxy groups -OCH3 is 1. The van der Waals surface area contributed by atoms with Crippen LogP contribution < -0.4 is 5.73 Å². The molecule has 0 aliphatic carbocycles. The van der Waals surface area contributed by atoms with Crippen molar-refractivity contribution in [3.05, 3.63) is 29.6 Å². The minimum absolute atomic E-state index is 0.237. The molecule has 2 heterocycles. The van der Waals surface area contributed by atoms with Crippen molar-refractivity contribution in [2.24, 2.45) is 5.73 Å². The van der Waals surface area contributed by atoms with Crippen molar-refractivity contribution in [3.63, 3.8) is 0 Å². The minimum atomic E-state index is -1.19. The van der Waals surface area contributed by atoms with Crippen LogP contribution in [0, 0.1) is 0 Å². The number of aliphatic carboxylic acids is 1. The molecule has 7 heteroatoms. The van der Waals surface area contributed by atoms with Crippen molar-refractivity contribution in [3.8, 4) is 0 Å². The highest BCUT2D eigenvalue weighted by Gasteiger charge is 2.41. The van der Waals surface area contributed by atoms with E-state index in [0.717, 1.165) is 0 Å². The summed E-state index contributed by atoms with van der Waals surface area (Å²) in [6.07, 6.45) is 0.402. The molecular formula is C13H17N3O4. The van der Waals surface area contributed by atoms with Crippen LogP contribution in [-0.2, 0) is 16.1 Å². The number of pyridine rings is 1. The molecule has 1 aliphatic rings. The molecular weight excluding hydrogens is 262 g/mol. The van der Waals surface area contributed by atoms with Crippen molar-refractivity contribution in [2.75, 3.05) is 20.2 Å². The number of carbonyl (C=O) groups excluding carboxylic acids is 1. The van der Waals surface area contributed by atoms with Gasteiger partial charge in [-0.1, -0.05) is 6.07 Å². The zero-order valence-electron chi connectivity index (χ0n) is 11.2. The maximum Gasteiger partial charge on any atom is 0.356 e. The highest BCUT2D eigenvalue weighted by Crippen LogP contribution is 2.20. The van der Waals surface area contributed by atoms with Gasteiger partial charge in [0, 0.05) is 19.6 Å². The van der Waals surface area contributed by atoms with Gasteiger partial charge in [0.2, 0.25) is 0 Å². The van der Waals surface area contributed by atoms with Crippen LogP contribution in [0.25, 0.3) is 0 Å². The van der Waals surface area contributed by atoms with E-state index in [2.05, 4.69) is 9.72 Å². The molecule has 1 aromatic rings. The molecule has 1 saturated heterocycles. The summed E-state index contributed by atoms with van der Waals surface area (Å²) in [4.78, 5) is 28.6. The molecule has 0 aromatic carbocycles. The summed E-state index contributed by atoms with van der Waals surface area (Å²) in [7, 11) is 1.30. The Bertz CT molecular complexity index is 534. The minimum Gasteiger partial charge on any atom is -0.480 e. The summed E-state index contributed by atoms with van der Waals surface area (Å²) in [6, 6.07) is 5.07. The summed E-state index contributed by atoms with van der Waals surface area (Å²) in [6.45, 7) is 1.32. The van der Waals surface area contributed by atoms with Crippen LogP contribution in [0.5, 0.6) is 0 Å². The topological polar surface area (TPSA) is 106 Å². The quantitative estimate of drug-likeness (QED) is 0.738. The number of nitrogens with zero attached hydrogens (tertiary/aromatic N) is 2. The van der Waals surface area contributed by atoms with Crippen molar-refractivity contribution in [1.29, 1.82) is 0 Å². The molecule has 1 aromatic heterocycles. The first-order valence-electron chi connectivity index (χ1n) is 6.23. The first-order chi connectivity index (χ1) is 9.44. The second-order valence-corrected chi connectivity index (χ2v) is 4.93. The molecule has 1 fully saturated rings. The van der Waals surface area contributed by atoms with Gasteiger partial charge >= 0.3 is 11.9 Å². The van der Waals surface area contributed by atoms with Crippen LogP contribution in [0.2, 0.25) is 0 Å². The van der Waals surface area contributed by atoms with E-state index in [9.17, 15) is 9.59 Å². The molecule has 0 spiro atoms. The molecule has 3 N–H and O–H groups in total. The summed E-state index contributed by atoms with van der Waals surface area (Å²) in [5.74, 6) is -1.48. The van der Waals surface area contributed by atoms with E-state index in [4.69, 9.17) is 10.8 Å². The number of rotatable bonds is 4. The molecule has 0 saturated carbocycles. The van der Waals surface area contributed by atoms with Gasteiger partial charge in [-0.3, -0.25) is 9.69 Å². The molecule has 0 bridgehead atoms. The van der Waals surface area contributed by atoms with E-state index in [1.54, 1.807) is 18.2 Å². The molecule has 20 heavy (non-hydrogen) atoms. The molecule has 1 atom stereocenters. The number of hydrogen-bond donors (Lipinski definition) is 2. The average molecular weight is 279 g/mol. The van der Waals surface area contributed by atoms with Gasteiger partial charge in [-0.05, 0) is 18.6 Å². The fraction of sp³-hybridized carbons (Fsp3) is 0.462. The highest BCUT2D eigenvalue weighted by atomic mass is 16.5. The third-order valence-corrected chi connectivity index (χ3v) is 3.39. The normalized spacial score (nSPS) is 22.7. The molecule has 0 radical (unpaired) electrons. The number of nitrogens with two attached hydrogens (primary N) is 1. The van der Waals surface area contributed by atoms with Crippen LogP contribution in [0.1, 0.15) is 22.6 Å². The van der Waals surface area contributed by atoms with E-state index in [0.29, 0.717) is 25.2 Å². The van der Waals surface area contributed by atoms with Gasteiger partial charge in [-0.25, -0.2) is 9.78 Å². The van der Waals surface area contributed by atoms with Crippen LogP contribution in [0.15, 0.2) is 18.2 Å². The predicted octanol–water partition coefficient (Wildman–Crippen LogP) is -0.144. The monoisotopic (exact) mass is 279 g/mol. The number of carboxylic acids is 1. The first-order valence-corrected chi connectivity index (χ1v) is 6.23. The van der Waals surface area contributed by atoms with E-state index >= 15 is 0 Å². The van der Waals surface area contributed by atoms with Crippen molar-refractivity contribution >= 4 is 11.9 Å². The van der Waals surface area contributed by atoms with Gasteiger partial charge < -0.3 is 15.6 Å². The van der Waals surface area contributed by atoms with Gasteiger partial charge in [0.05, 0.1) is 12.8 Å². The standard InChI is InChI=1S/C13H17N3O4/c1-20-11(17)10-4-2-3-9(15-10)7-16-6-5-13(14,8-16)12(18)19/h2-4H,5-8,14H2,1H3,(H,18,19). The highest BCUT2D eigenvalue weighted by molar-refractivity contribution is 5.87. The van der Waals surface area contributed by atoms with Crippen LogP contribution in [-0.4, -0.2) is 52.7 Å². The second kappa shape index (κ2) is 5.56. The van der Waals surface area contributed by atoms with E-state index in [1.807, 2.05) is 4.90 Å². The van der Waals surface area contributed by atoms with Crippen molar-refractivity contribution < 1.29 is 19.4 Å². The second-order valence-electron chi connectivity index (χ2n) is 4.93. The lowest BCUT2D eigenvalue weighted by molar-refractivity contribution is -0.142. The Morgan fingerprint density at radius 2 is 2.30 bits per heavy atom. The Hall–Kier alpha value is -1.99. The number of hydrogen-bond acceptors (Lipinski definition) is 6. The van der Waals surface area contributed by atoms with Crippen molar-refractivity contribution in [2.45, 2.75) is 18.5 Å².